The molecule has 1 unspecified atom stereocenters. The smallest absolute Gasteiger partial charge is 0.228 e. The van der Waals surface area contributed by atoms with E-state index in [0.717, 1.165) is 24.1 Å². The fourth-order valence-electron chi connectivity index (χ4n) is 2.22. The number of hydrogen-bond acceptors (Lipinski definition) is 5. The number of rotatable bonds is 8. The van der Waals surface area contributed by atoms with Gasteiger partial charge in [0.15, 0.2) is 0 Å². The highest BCUT2D eigenvalue weighted by Gasteiger charge is 2.15. The summed E-state index contributed by atoms with van der Waals surface area (Å²) >= 11 is 0. The maximum atomic E-state index is 5.37. The molecule has 1 heterocycles. The lowest BCUT2D eigenvalue weighted by atomic mass is 10.1. The second-order valence-corrected chi connectivity index (χ2v) is 5.14. The van der Waals surface area contributed by atoms with E-state index in [-0.39, 0.29) is 6.04 Å². The molecule has 0 aliphatic heterocycles. The predicted octanol–water partition coefficient (Wildman–Crippen LogP) is 2.60. The number of hydrogen-bond donors (Lipinski definition) is 1. The van der Waals surface area contributed by atoms with Crippen molar-refractivity contribution in [1.82, 2.24) is 15.5 Å². The van der Waals surface area contributed by atoms with Crippen LogP contribution in [0.25, 0.3) is 11.4 Å². The van der Waals surface area contributed by atoms with Crippen LogP contribution in [0.4, 0.5) is 0 Å². The normalized spacial score (nSPS) is 12.5. The van der Waals surface area contributed by atoms with Crippen molar-refractivity contribution in [2.24, 2.45) is 0 Å². The van der Waals surface area contributed by atoms with Gasteiger partial charge in [-0.3, -0.25) is 0 Å². The predicted molar refractivity (Wildman–Crippen MR) is 82.1 cm³/mol. The van der Waals surface area contributed by atoms with Crippen LogP contribution in [0, 0.1) is 6.92 Å². The van der Waals surface area contributed by atoms with Gasteiger partial charge in [-0.15, -0.1) is 0 Å². The van der Waals surface area contributed by atoms with Crippen LogP contribution in [-0.2, 0) is 11.2 Å². The van der Waals surface area contributed by atoms with Crippen molar-refractivity contribution in [2.45, 2.75) is 32.7 Å². The molecule has 0 saturated carbocycles. The highest BCUT2D eigenvalue weighted by Crippen LogP contribution is 2.20. The molecule has 1 N–H and O–H groups in total. The highest BCUT2D eigenvalue weighted by atomic mass is 16.5. The van der Waals surface area contributed by atoms with Crippen molar-refractivity contribution >= 4 is 0 Å². The van der Waals surface area contributed by atoms with Gasteiger partial charge in [0, 0.05) is 25.1 Å². The van der Waals surface area contributed by atoms with E-state index in [0.29, 0.717) is 24.7 Å². The van der Waals surface area contributed by atoms with E-state index in [4.69, 9.17) is 9.26 Å². The van der Waals surface area contributed by atoms with E-state index < -0.39 is 0 Å². The maximum absolute atomic E-state index is 5.37. The minimum Gasteiger partial charge on any atom is -0.383 e. The lowest BCUT2D eigenvalue weighted by Crippen LogP contribution is -2.35. The lowest BCUT2D eigenvalue weighted by molar-refractivity contribution is 0.161. The third-order valence-corrected chi connectivity index (χ3v) is 3.33. The summed E-state index contributed by atoms with van der Waals surface area (Å²) in [4.78, 5) is 4.50. The summed E-state index contributed by atoms with van der Waals surface area (Å²) in [6.45, 7) is 5.76. The van der Waals surface area contributed by atoms with Gasteiger partial charge in [-0.05, 0) is 25.5 Å². The molecule has 0 aliphatic rings. The number of methoxy groups -OCH3 is 1. The minimum atomic E-state index is 0.195. The second-order valence-electron chi connectivity index (χ2n) is 5.14. The zero-order chi connectivity index (χ0) is 15.1. The van der Waals surface area contributed by atoms with Crippen LogP contribution in [0.15, 0.2) is 28.8 Å². The van der Waals surface area contributed by atoms with E-state index in [1.807, 2.05) is 31.2 Å². The van der Waals surface area contributed by atoms with Crippen LogP contribution in [0.1, 0.15) is 24.8 Å². The molecule has 21 heavy (non-hydrogen) atoms. The number of benzene rings is 1. The first kappa shape index (κ1) is 15.7. The average Bonchev–Trinajstić information content (AvgIpc) is 2.94. The Bertz CT molecular complexity index is 554. The number of aromatic nitrogens is 2. The molecule has 0 amide bonds. The molecule has 0 saturated heterocycles. The average molecular weight is 289 g/mol. The van der Waals surface area contributed by atoms with Gasteiger partial charge >= 0.3 is 0 Å². The second kappa shape index (κ2) is 7.90. The Labute approximate surface area is 125 Å². The Balaban J connectivity index is 2.06. The Kier molecular flexibility index (Phi) is 5.90. The van der Waals surface area contributed by atoms with Gasteiger partial charge in [-0.1, -0.05) is 36.3 Å². The monoisotopic (exact) mass is 289 g/mol. The molecule has 0 bridgehead atoms. The van der Waals surface area contributed by atoms with Gasteiger partial charge in [-0.2, -0.15) is 4.98 Å². The van der Waals surface area contributed by atoms with E-state index in [1.54, 1.807) is 7.11 Å². The first-order valence-electron chi connectivity index (χ1n) is 7.35. The van der Waals surface area contributed by atoms with Gasteiger partial charge in [0.25, 0.3) is 0 Å². The summed E-state index contributed by atoms with van der Waals surface area (Å²) in [5.74, 6) is 1.29. The van der Waals surface area contributed by atoms with Crippen molar-refractivity contribution in [3.63, 3.8) is 0 Å². The van der Waals surface area contributed by atoms with Crippen LogP contribution in [0.2, 0.25) is 0 Å². The third kappa shape index (κ3) is 4.37. The van der Waals surface area contributed by atoms with E-state index in [9.17, 15) is 0 Å². The fraction of sp³-hybridized carbons (Fsp3) is 0.500. The van der Waals surface area contributed by atoms with Crippen LogP contribution in [-0.4, -0.2) is 36.4 Å². The lowest BCUT2D eigenvalue weighted by Gasteiger charge is -2.15. The summed E-state index contributed by atoms with van der Waals surface area (Å²) in [6, 6.07) is 8.23. The van der Waals surface area contributed by atoms with E-state index in [2.05, 4.69) is 22.4 Å². The molecule has 0 radical (unpaired) electrons. The van der Waals surface area contributed by atoms with Crippen molar-refractivity contribution in [3.05, 3.63) is 35.7 Å². The largest absolute Gasteiger partial charge is 0.383 e. The topological polar surface area (TPSA) is 60.2 Å². The molecule has 2 rings (SSSR count). The Morgan fingerprint density at radius 2 is 2.14 bits per heavy atom. The quantitative estimate of drug-likeness (QED) is 0.809. The molecule has 0 aliphatic carbocycles. The summed E-state index contributed by atoms with van der Waals surface area (Å²) in [7, 11) is 1.70. The molecule has 5 nitrogen and oxygen atoms in total. The Morgan fingerprint density at radius 3 is 2.86 bits per heavy atom. The number of aryl methyl sites for hydroxylation is 1. The van der Waals surface area contributed by atoms with E-state index >= 15 is 0 Å². The van der Waals surface area contributed by atoms with Gasteiger partial charge in [0.05, 0.1) is 6.61 Å². The molecular formula is C16H23N3O2. The zero-order valence-electron chi connectivity index (χ0n) is 12.9. The van der Waals surface area contributed by atoms with Crippen molar-refractivity contribution in [2.75, 3.05) is 20.3 Å². The van der Waals surface area contributed by atoms with E-state index in [1.165, 1.54) is 0 Å². The highest BCUT2D eigenvalue weighted by molar-refractivity contribution is 5.58. The summed E-state index contributed by atoms with van der Waals surface area (Å²) < 4.78 is 10.6. The fourth-order valence-corrected chi connectivity index (χ4v) is 2.22. The summed E-state index contributed by atoms with van der Waals surface area (Å²) in [5, 5.41) is 7.51. The number of nitrogens with zero attached hydrogens (tertiary/aromatic N) is 2. The van der Waals surface area contributed by atoms with Crippen LogP contribution in [0.3, 0.4) is 0 Å². The van der Waals surface area contributed by atoms with Crippen molar-refractivity contribution in [1.29, 1.82) is 0 Å². The van der Waals surface area contributed by atoms with Crippen molar-refractivity contribution < 1.29 is 9.26 Å². The van der Waals surface area contributed by atoms with Gasteiger partial charge < -0.3 is 14.6 Å². The molecule has 0 fully saturated rings. The molecule has 2 aromatic rings. The summed E-state index contributed by atoms with van der Waals surface area (Å²) in [5.41, 5.74) is 2.15. The van der Waals surface area contributed by atoms with Crippen molar-refractivity contribution in [3.8, 4) is 11.4 Å². The molecule has 1 aromatic heterocycles. The van der Waals surface area contributed by atoms with Crippen LogP contribution >= 0.6 is 0 Å². The standard InChI is InChI=1S/C16H23N3O2/c1-4-9-17-13(11-20-3)10-15-18-16(19-21-15)14-8-6-5-7-12(14)2/h5-8,13,17H,4,9-11H2,1-3H3. The van der Waals surface area contributed by atoms with Gasteiger partial charge in [0.2, 0.25) is 11.7 Å². The number of ether oxygens (including phenoxy) is 1. The Hall–Kier alpha value is -1.72. The number of nitrogens with one attached hydrogen (secondary N) is 1. The van der Waals surface area contributed by atoms with Gasteiger partial charge in [-0.25, -0.2) is 0 Å². The SMILES string of the molecule is CCCNC(COC)Cc1nc(-c2ccccc2C)no1. The Morgan fingerprint density at radius 1 is 1.33 bits per heavy atom. The van der Waals surface area contributed by atoms with Gasteiger partial charge in [0.1, 0.15) is 0 Å². The molecule has 1 aromatic carbocycles. The van der Waals surface area contributed by atoms with Crippen LogP contribution < -0.4 is 5.32 Å². The molecule has 0 spiro atoms. The minimum absolute atomic E-state index is 0.195. The zero-order valence-corrected chi connectivity index (χ0v) is 12.9. The molecule has 5 heteroatoms. The summed E-state index contributed by atoms with van der Waals surface area (Å²) in [6.07, 6.45) is 1.76. The first-order chi connectivity index (χ1) is 10.2. The first-order valence-corrected chi connectivity index (χ1v) is 7.35. The third-order valence-electron chi connectivity index (χ3n) is 3.33. The maximum Gasteiger partial charge on any atom is 0.228 e. The molecule has 114 valence electrons. The van der Waals surface area contributed by atoms with Crippen LogP contribution in [0.5, 0.6) is 0 Å². The molecular weight excluding hydrogens is 266 g/mol. The molecule has 1 atom stereocenters.